The molecule has 2 heterocycles. The van der Waals surface area contributed by atoms with E-state index in [9.17, 15) is 14.0 Å². The lowest BCUT2D eigenvalue weighted by Gasteiger charge is -2.14. The molecule has 2 amide bonds. The molecule has 1 aromatic carbocycles. The number of halogens is 1. The van der Waals surface area contributed by atoms with Crippen LogP contribution in [0, 0.1) is 12.7 Å². The Morgan fingerprint density at radius 1 is 1.24 bits per heavy atom. The first-order valence-electron chi connectivity index (χ1n) is 8.52. The van der Waals surface area contributed by atoms with Crippen molar-refractivity contribution >= 4 is 40.0 Å². The summed E-state index contributed by atoms with van der Waals surface area (Å²) in [6.07, 6.45) is 0. The fraction of sp³-hybridized carbons (Fsp3) is 0.294. The maximum absolute atomic E-state index is 13.8. The van der Waals surface area contributed by atoms with Crippen molar-refractivity contribution in [2.24, 2.45) is 7.05 Å². The topological polar surface area (TPSA) is 115 Å². The third-order valence-electron chi connectivity index (χ3n) is 3.83. The smallest absolute Gasteiger partial charge is 0.254 e. The summed E-state index contributed by atoms with van der Waals surface area (Å²) in [4.78, 5) is 24.3. The lowest BCUT2D eigenvalue weighted by molar-refractivity contribution is -0.113. The predicted molar refractivity (Wildman–Crippen MR) is 107 cm³/mol. The number of amides is 2. The molecule has 1 atom stereocenters. The molecule has 0 bridgehead atoms. The van der Waals surface area contributed by atoms with Crippen molar-refractivity contribution < 1.29 is 14.0 Å². The Labute approximate surface area is 174 Å². The summed E-state index contributed by atoms with van der Waals surface area (Å²) in [7, 11) is 1.73. The van der Waals surface area contributed by atoms with Crippen LogP contribution in [0.2, 0.25) is 0 Å². The Morgan fingerprint density at radius 2 is 2.00 bits per heavy atom. The number of nitrogens with zero attached hydrogens (tertiary/aromatic N) is 5. The van der Waals surface area contributed by atoms with E-state index in [2.05, 4.69) is 31.0 Å². The molecule has 3 rings (SSSR count). The molecule has 0 aliphatic heterocycles. The first-order valence-corrected chi connectivity index (χ1v) is 10.3. The van der Waals surface area contributed by atoms with Gasteiger partial charge in [0, 0.05) is 7.05 Å². The minimum Gasteiger partial charge on any atom is -0.342 e. The van der Waals surface area contributed by atoms with E-state index in [1.165, 1.54) is 41.3 Å². The molecule has 0 unspecified atom stereocenters. The van der Waals surface area contributed by atoms with E-state index in [0.29, 0.717) is 16.1 Å². The summed E-state index contributed by atoms with van der Waals surface area (Å²) in [6.45, 7) is 3.52. The number of benzene rings is 1. The molecule has 152 valence electrons. The van der Waals surface area contributed by atoms with Crippen LogP contribution in [0.25, 0.3) is 0 Å². The molecular formula is C17H18FN7O2S2. The lowest BCUT2D eigenvalue weighted by Crippen LogP contribution is -2.29. The minimum atomic E-state index is -0.594. The van der Waals surface area contributed by atoms with Gasteiger partial charge in [0.15, 0.2) is 11.0 Å². The molecule has 2 N–H and O–H groups in total. The van der Waals surface area contributed by atoms with E-state index in [1.807, 2.05) is 0 Å². The van der Waals surface area contributed by atoms with Crippen LogP contribution in [-0.2, 0) is 11.8 Å². The molecule has 3 aromatic rings. The number of carbonyl (C=O) groups is 2. The number of hydrogen-bond donors (Lipinski definition) is 2. The molecule has 0 saturated carbocycles. The summed E-state index contributed by atoms with van der Waals surface area (Å²) in [6, 6.07) is 5.24. The monoisotopic (exact) mass is 435 g/mol. The van der Waals surface area contributed by atoms with Crippen LogP contribution in [0.15, 0.2) is 29.4 Å². The van der Waals surface area contributed by atoms with Gasteiger partial charge in [-0.15, -0.1) is 20.4 Å². The van der Waals surface area contributed by atoms with E-state index in [-0.39, 0.29) is 17.2 Å². The third kappa shape index (κ3) is 5.15. The van der Waals surface area contributed by atoms with Gasteiger partial charge in [0.1, 0.15) is 10.8 Å². The highest BCUT2D eigenvalue weighted by Gasteiger charge is 2.20. The van der Waals surface area contributed by atoms with E-state index in [1.54, 1.807) is 31.5 Å². The normalized spacial score (nSPS) is 11.9. The highest BCUT2D eigenvalue weighted by atomic mass is 32.2. The van der Waals surface area contributed by atoms with Crippen molar-refractivity contribution in [3.8, 4) is 0 Å². The first kappa shape index (κ1) is 20.9. The molecule has 0 aliphatic carbocycles. The van der Waals surface area contributed by atoms with Gasteiger partial charge in [-0.1, -0.05) is 35.2 Å². The number of nitrogens with one attached hydrogen (secondary N) is 2. The first-order chi connectivity index (χ1) is 13.8. The largest absolute Gasteiger partial charge is 0.342 e. The van der Waals surface area contributed by atoms with Gasteiger partial charge in [0.25, 0.3) is 5.91 Å². The van der Waals surface area contributed by atoms with Gasteiger partial charge in [-0.05, 0) is 26.0 Å². The van der Waals surface area contributed by atoms with Gasteiger partial charge < -0.3 is 9.88 Å². The SMILES string of the molecule is Cc1nnc(NC(=O)CSc2nnc([C@@H](C)NC(=O)c3ccccc3F)n2C)s1. The van der Waals surface area contributed by atoms with E-state index in [0.717, 1.165) is 5.01 Å². The summed E-state index contributed by atoms with van der Waals surface area (Å²) < 4.78 is 15.4. The number of anilines is 1. The molecule has 2 aromatic heterocycles. The molecule has 0 aliphatic rings. The van der Waals surface area contributed by atoms with Crippen LogP contribution in [0.3, 0.4) is 0 Å². The van der Waals surface area contributed by atoms with Crippen LogP contribution in [0.4, 0.5) is 9.52 Å². The van der Waals surface area contributed by atoms with E-state index < -0.39 is 17.8 Å². The average molecular weight is 436 g/mol. The second-order valence-corrected chi connectivity index (χ2v) is 8.16. The fourth-order valence-corrected chi connectivity index (χ4v) is 3.77. The number of hydrogen-bond acceptors (Lipinski definition) is 8. The van der Waals surface area contributed by atoms with Crippen LogP contribution in [0.1, 0.15) is 34.2 Å². The fourth-order valence-electron chi connectivity index (χ4n) is 2.45. The molecule has 0 radical (unpaired) electrons. The van der Waals surface area contributed by atoms with Crippen LogP contribution in [-0.4, -0.2) is 42.5 Å². The van der Waals surface area contributed by atoms with Gasteiger partial charge in [-0.2, -0.15) is 0 Å². The zero-order valence-corrected chi connectivity index (χ0v) is 17.5. The molecule has 9 nitrogen and oxygen atoms in total. The highest BCUT2D eigenvalue weighted by Crippen LogP contribution is 2.20. The molecule has 29 heavy (non-hydrogen) atoms. The number of aryl methyl sites for hydroxylation is 1. The standard InChI is InChI=1S/C17H18FN7O2S2/c1-9(19-15(27)11-6-4-5-7-12(11)18)14-22-24-17(25(14)3)28-8-13(26)20-16-23-21-10(2)29-16/h4-7,9H,8H2,1-3H3,(H,19,27)(H,20,23,26)/t9-/m1/s1. The summed E-state index contributed by atoms with van der Waals surface area (Å²) in [5.74, 6) is -0.780. The van der Waals surface area contributed by atoms with Crippen LogP contribution >= 0.6 is 23.1 Å². The lowest BCUT2D eigenvalue weighted by atomic mass is 10.2. The van der Waals surface area contributed by atoms with Crippen molar-refractivity contribution in [1.29, 1.82) is 0 Å². The Hall–Kier alpha value is -2.86. The maximum Gasteiger partial charge on any atom is 0.254 e. The Balaban J connectivity index is 1.59. The highest BCUT2D eigenvalue weighted by molar-refractivity contribution is 7.99. The third-order valence-corrected chi connectivity index (χ3v) is 5.60. The van der Waals surface area contributed by atoms with E-state index in [4.69, 9.17) is 0 Å². The Bertz CT molecular complexity index is 1040. The van der Waals surface area contributed by atoms with Crippen LogP contribution in [0.5, 0.6) is 0 Å². The second kappa shape index (κ2) is 9.09. The summed E-state index contributed by atoms with van der Waals surface area (Å²) in [5.41, 5.74) is -0.0419. The minimum absolute atomic E-state index is 0.0419. The maximum atomic E-state index is 13.8. The van der Waals surface area contributed by atoms with Gasteiger partial charge >= 0.3 is 0 Å². The number of rotatable bonds is 7. The van der Waals surface area contributed by atoms with Crippen molar-refractivity contribution in [3.05, 3.63) is 46.5 Å². The predicted octanol–water partition coefficient (Wildman–Crippen LogP) is 2.34. The molecule has 0 saturated heterocycles. The number of carbonyl (C=O) groups excluding carboxylic acids is 2. The zero-order chi connectivity index (χ0) is 21.0. The molecule has 0 fully saturated rings. The molecule has 12 heteroatoms. The van der Waals surface area contributed by atoms with Crippen molar-refractivity contribution in [1.82, 2.24) is 30.3 Å². The van der Waals surface area contributed by atoms with Gasteiger partial charge in [-0.25, -0.2) is 4.39 Å². The molecule has 0 spiro atoms. The van der Waals surface area contributed by atoms with Crippen molar-refractivity contribution in [2.75, 3.05) is 11.1 Å². The molecular weight excluding hydrogens is 417 g/mol. The summed E-state index contributed by atoms with van der Waals surface area (Å²) >= 11 is 2.49. The van der Waals surface area contributed by atoms with Crippen molar-refractivity contribution in [2.45, 2.75) is 25.0 Å². The number of aromatic nitrogens is 5. The number of thioether (sulfide) groups is 1. The van der Waals surface area contributed by atoms with Gasteiger partial charge in [0.2, 0.25) is 11.0 Å². The quantitative estimate of drug-likeness (QED) is 0.547. The second-order valence-electron chi connectivity index (χ2n) is 6.04. The van der Waals surface area contributed by atoms with Gasteiger partial charge in [-0.3, -0.25) is 14.9 Å². The average Bonchev–Trinajstić information content (AvgIpc) is 3.25. The van der Waals surface area contributed by atoms with E-state index >= 15 is 0 Å². The van der Waals surface area contributed by atoms with Crippen molar-refractivity contribution in [3.63, 3.8) is 0 Å². The zero-order valence-electron chi connectivity index (χ0n) is 15.8. The Kier molecular flexibility index (Phi) is 6.54. The van der Waals surface area contributed by atoms with Gasteiger partial charge in [0.05, 0.1) is 17.4 Å². The Morgan fingerprint density at radius 3 is 2.69 bits per heavy atom. The van der Waals surface area contributed by atoms with Crippen LogP contribution < -0.4 is 10.6 Å². The summed E-state index contributed by atoms with van der Waals surface area (Å²) in [5, 5.41) is 22.9.